The normalized spacial score (nSPS) is 9.83. The van der Waals surface area contributed by atoms with Crippen LogP contribution >= 0.6 is 11.6 Å². The van der Waals surface area contributed by atoms with E-state index in [0.717, 1.165) is 12.1 Å². The monoisotopic (exact) mass is 186 g/mol. The molecule has 0 aromatic carbocycles. The first-order chi connectivity index (χ1) is 5.65. The highest BCUT2D eigenvalue weighted by molar-refractivity contribution is 6.32. The molecule has 0 atom stereocenters. The summed E-state index contributed by atoms with van der Waals surface area (Å²) in [4.78, 5) is 13.6. The zero-order valence-electron chi connectivity index (χ0n) is 6.45. The number of nitrogens with zero attached hydrogens (tertiary/aromatic N) is 2. The Morgan fingerprint density at radius 2 is 2.42 bits per heavy atom. The van der Waals surface area contributed by atoms with Gasteiger partial charge in [-0.2, -0.15) is 0 Å². The molecular formula is C7H7ClN2O2. The van der Waals surface area contributed by atoms with Gasteiger partial charge in [-0.05, 0) is 12.5 Å². The van der Waals surface area contributed by atoms with Crippen LogP contribution in [0.1, 0.15) is 12.6 Å². The zero-order chi connectivity index (χ0) is 9.14. The molecule has 12 heavy (non-hydrogen) atoms. The summed E-state index contributed by atoms with van der Waals surface area (Å²) < 4.78 is 0. The lowest BCUT2D eigenvalue weighted by Gasteiger charge is -1.96. The van der Waals surface area contributed by atoms with Crippen molar-refractivity contribution in [3.63, 3.8) is 0 Å². The van der Waals surface area contributed by atoms with Gasteiger partial charge in [0.1, 0.15) is 11.2 Å². The van der Waals surface area contributed by atoms with E-state index in [1.54, 1.807) is 0 Å². The Morgan fingerprint density at radius 3 is 2.83 bits per heavy atom. The third kappa shape index (κ3) is 1.71. The maximum absolute atomic E-state index is 10.3. The molecule has 0 amide bonds. The predicted octanol–water partition coefficient (Wildman–Crippen LogP) is 2.21. The van der Waals surface area contributed by atoms with Crippen LogP contribution in [-0.4, -0.2) is 9.91 Å². The van der Waals surface area contributed by atoms with Gasteiger partial charge < -0.3 is 0 Å². The van der Waals surface area contributed by atoms with E-state index >= 15 is 0 Å². The molecule has 1 rings (SSSR count). The Labute approximate surface area is 74.3 Å². The second-order valence-electron chi connectivity index (χ2n) is 2.24. The van der Waals surface area contributed by atoms with Crippen molar-refractivity contribution in [2.24, 2.45) is 0 Å². The van der Waals surface area contributed by atoms with Gasteiger partial charge in [-0.3, -0.25) is 15.1 Å². The highest BCUT2D eigenvalue weighted by atomic mass is 35.5. The van der Waals surface area contributed by atoms with Gasteiger partial charge >= 0.3 is 5.69 Å². The summed E-state index contributed by atoms with van der Waals surface area (Å²) in [6.45, 7) is 1.91. The summed E-state index contributed by atoms with van der Waals surface area (Å²) in [6, 6.07) is 1.51. The van der Waals surface area contributed by atoms with Crippen molar-refractivity contribution < 1.29 is 4.92 Å². The van der Waals surface area contributed by atoms with Crippen molar-refractivity contribution in [1.29, 1.82) is 0 Å². The third-order valence-electron chi connectivity index (χ3n) is 1.45. The minimum atomic E-state index is -0.547. The molecule has 1 aromatic heterocycles. The number of aromatic nitrogens is 1. The summed E-state index contributed by atoms with van der Waals surface area (Å²) in [5.74, 6) is 0. The van der Waals surface area contributed by atoms with Crippen LogP contribution in [0.4, 0.5) is 5.69 Å². The number of hydrogen-bond acceptors (Lipinski definition) is 3. The standard InChI is InChI=1S/C7H7ClN2O2/c1-2-5-3-6(8)7(4-9-5)10(11)12/h3-4H,2H2,1H3. The topological polar surface area (TPSA) is 56.0 Å². The molecule has 0 N–H and O–H groups in total. The fraction of sp³-hybridized carbons (Fsp3) is 0.286. The number of aryl methyl sites for hydroxylation is 1. The fourth-order valence-electron chi connectivity index (χ4n) is 0.791. The molecule has 0 aliphatic rings. The van der Waals surface area contributed by atoms with Crippen molar-refractivity contribution in [1.82, 2.24) is 4.98 Å². The van der Waals surface area contributed by atoms with Gasteiger partial charge in [0.05, 0.1) is 4.92 Å². The molecule has 0 bridgehead atoms. The first kappa shape index (κ1) is 8.93. The molecule has 0 fully saturated rings. The highest BCUT2D eigenvalue weighted by Gasteiger charge is 2.12. The lowest BCUT2D eigenvalue weighted by molar-refractivity contribution is -0.385. The van der Waals surface area contributed by atoms with E-state index in [1.807, 2.05) is 6.92 Å². The summed E-state index contributed by atoms with van der Waals surface area (Å²) in [5.41, 5.74) is 0.611. The molecule has 0 spiro atoms. The average Bonchev–Trinajstić information content (AvgIpc) is 2.03. The number of rotatable bonds is 2. The van der Waals surface area contributed by atoms with Crippen LogP contribution in [0, 0.1) is 10.1 Å². The van der Waals surface area contributed by atoms with E-state index in [0.29, 0.717) is 0 Å². The second-order valence-corrected chi connectivity index (χ2v) is 2.64. The maximum Gasteiger partial charge on any atom is 0.306 e. The van der Waals surface area contributed by atoms with Crippen molar-refractivity contribution in [2.75, 3.05) is 0 Å². The van der Waals surface area contributed by atoms with Gasteiger partial charge in [0.25, 0.3) is 0 Å². The van der Waals surface area contributed by atoms with Crippen LogP contribution in [0.3, 0.4) is 0 Å². The van der Waals surface area contributed by atoms with Crippen LogP contribution in [0.25, 0.3) is 0 Å². The van der Waals surface area contributed by atoms with Crippen LogP contribution < -0.4 is 0 Å². The quantitative estimate of drug-likeness (QED) is 0.526. The first-order valence-corrected chi connectivity index (χ1v) is 3.81. The van der Waals surface area contributed by atoms with E-state index in [9.17, 15) is 10.1 Å². The van der Waals surface area contributed by atoms with Crippen LogP contribution in [-0.2, 0) is 6.42 Å². The summed E-state index contributed by atoms with van der Waals surface area (Å²) >= 11 is 5.62. The smallest absolute Gasteiger partial charge is 0.258 e. The highest BCUT2D eigenvalue weighted by Crippen LogP contribution is 2.23. The van der Waals surface area contributed by atoms with Gasteiger partial charge in [-0.1, -0.05) is 18.5 Å². The Kier molecular flexibility index (Phi) is 2.60. The van der Waals surface area contributed by atoms with Crippen molar-refractivity contribution in [3.8, 4) is 0 Å². The summed E-state index contributed by atoms with van der Waals surface area (Å²) in [7, 11) is 0. The minimum Gasteiger partial charge on any atom is -0.258 e. The van der Waals surface area contributed by atoms with Crippen molar-refractivity contribution >= 4 is 17.3 Å². The molecule has 0 saturated carbocycles. The molecule has 0 unspecified atom stereocenters. The molecule has 4 nitrogen and oxygen atoms in total. The molecule has 64 valence electrons. The number of nitro groups is 1. The van der Waals surface area contributed by atoms with Gasteiger partial charge in [0.2, 0.25) is 0 Å². The number of pyridine rings is 1. The predicted molar refractivity (Wildman–Crippen MR) is 45.3 cm³/mol. The van der Waals surface area contributed by atoms with E-state index in [2.05, 4.69) is 4.98 Å². The number of halogens is 1. The van der Waals surface area contributed by atoms with Gasteiger partial charge in [0, 0.05) is 5.69 Å². The van der Waals surface area contributed by atoms with Gasteiger partial charge in [-0.25, -0.2) is 0 Å². The Hall–Kier alpha value is -1.16. The molecule has 1 aromatic rings. The van der Waals surface area contributed by atoms with Crippen LogP contribution in [0.2, 0.25) is 5.02 Å². The van der Waals surface area contributed by atoms with Gasteiger partial charge in [0.15, 0.2) is 0 Å². The maximum atomic E-state index is 10.3. The Balaban J connectivity index is 3.12. The molecule has 5 heteroatoms. The fourth-order valence-corrected chi connectivity index (χ4v) is 1.03. The summed E-state index contributed by atoms with van der Waals surface area (Å²) in [5, 5.41) is 10.4. The van der Waals surface area contributed by atoms with Crippen molar-refractivity contribution in [2.45, 2.75) is 13.3 Å². The molecular weight excluding hydrogens is 180 g/mol. The average molecular weight is 187 g/mol. The van der Waals surface area contributed by atoms with Crippen LogP contribution in [0.15, 0.2) is 12.3 Å². The minimum absolute atomic E-state index is 0.145. The molecule has 0 radical (unpaired) electrons. The van der Waals surface area contributed by atoms with E-state index < -0.39 is 4.92 Å². The largest absolute Gasteiger partial charge is 0.306 e. The van der Waals surface area contributed by atoms with Gasteiger partial charge in [-0.15, -0.1) is 0 Å². The molecule has 0 aliphatic carbocycles. The molecule has 0 saturated heterocycles. The Morgan fingerprint density at radius 1 is 1.75 bits per heavy atom. The van der Waals surface area contributed by atoms with Crippen molar-refractivity contribution in [3.05, 3.63) is 33.1 Å². The van der Waals surface area contributed by atoms with E-state index in [1.165, 1.54) is 12.3 Å². The second kappa shape index (κ2) is 3.49. The number of hydrogen-bond donors (Lipinski definition) is 0. The summed E-state index contributed by atoms with van der Waals surface area (Å²) in [6.07, 6.45) is 1.90. The van der Waals surface area contributed by atoms with Crippen LogP contribution in [0.5, 0.6) is 0 Å². The molecule has 0 aliphatic heterocycles. The third-order valence-corrected chi connectivity index (χ3v) is 1.75. The zero-order valence-corrected chi connectivity index (χ0v) is 7.21. The molecule has 1 heterocycles. The Bertz CT molecular complexity index is 314. The van der Waals surface area contributed by atoms with E-state index in [4.69, 9.17) is 11.6 Å². The first-order valence-electron chi connectivity index (χ1n) is 3.44. The lowest BCUT2D eigenvalue weighted by atomic mass is 10.3. The van der Waals surface area contributed by atoms with E-state index in [-0.39, 0.29) is 10.7 Å². The SMILES string of the molecule is CCc1cc(Cl)c([N+](=O)[O-])cn1. The lowest BCUT2D eigenvalue weighted by Crippen LogP contribution is -1.93.